The highest BCUT2D eigenvalue weighted by Gasteiger charge is 2.54. The van der Waals surface area contributed by atoms with Crippen LogP contribution in [0.5, 0.6) is 0 Å². The monoisotopic (exact) mass is 448 g/mol. The Kier molecular flexibility index (Phi) is 6.74. The first-order valence-corrected chi connectivity index (χ1v) is 12.1. The van der Waals surface area contributed by atoms with Crippen molar-refractivity contribution in [3.8, 4) is 0 Å². The minimum atomic E-state index is -0.893. The molecule has 9 nitrogen and oxygen atoms in total. The lowest BCUT2D eigenvalue weighted by Crippen LogP contribution is -2.57. The highest BCUT2D eigenvalue weighted by Crippen LogP contribution is 2.33. The van der Waals surface area contributed by atoms with E-state index < -0.39 is 5.54 Å². The van der Waals surface area contributed by atoms with Gasteiger partial charge < -0.3 is 19.9 Å². The lowest BCUT2D eigenvalue weighted by atomic mass is 9.86. The fraction of sp³-hybridized carbons (Fsp3) is 0.826. The van der Waals surface area contributed by atoms with Crippen LogP contribution in [0.2, 0.25) is 0 Å². The molecule has 4 saturated heterocycles. The van der Waals surface area contributed by atoms with E-state index in [1.807, 2.05) is 18.7 Å². The van der Waals surface area contributed by atoms with Crippen LogP contribution >= 0.6 is 0 Å². The Labute approximate surface area is 189 Å². The van der Waals surface area contributed by atoms with Gasteiger partial charge in [0.25, 0.3) is 5.91 Å². The third kappa shape index (κ3) is 4.49. The second kappa shape index (κ2) is 9.37. The summed E-state index contributed by atoms with van der Waals surface area (Å²) in [5, 5.41) is 2.95. The first-order chi connectivity index (χ1) is 15.3. The fourth-order valence-electron chi connectivity index (χ4n) is 5.45. The largest absolute Gasteiger partial charge is 0.378 e. The van der Waals surface area contributed by atoms with Gasteiger partial charge in [-0.05, 0) is 44.9 Å². The summed E-state index contributed by atoms with van der Waals surface area (Å²) in [6, 6.07) is -0.522. The number of ether oxygens (including phenoxy) is 1. The van der Waals surface area contributed by atoms with Crippen molar-refractivity contribution in [1.29, 1.82) is 0 Å². The van der Waals surface area contributed by atoms with E-state index in [9.17, 15) is 19.2 Å². The van der Waals surface area contributed by atoms with Crippen molar-refractivity contribution < 1.29 is 23.9 Å². The number of hydrogen-bond donors (Lipinski definition) is 1. The molecular formula is C23H36N4O5. The number of carbonyl (C=O) groups excluding carboxylic acids is 4. The Morgan fingerprint density at radius 1 is 1.03 bits per heavy atom. The molecule has 4 rings (SSSR count). The molecule has 4 aliphatic rings. The highest BCUT2D eigenvalue weighted by atomic mass is 16.5. The van der Waals surface area contributed by atoms with E-state index in [1.165, 1.54) is 4.90 Å². The number of amides is 5. The second-order valence-corrected chi connectivity index (χ2v) is 9.97. The van der Waals surface area contributed by atoms with Gasteiger partial charge >= 0.3 is 6.03 Å². The van der Waals surface area contributed by atoms with Crippen LogP contribution in [0.1, 0.15) is 65.2 Å². The van der Waals surface area contributed by atoms with Crippen LogP contribution in [0.3, 0.4) is 0 Å². The summed E-state index contributed by atoms with van der Waals surface area (Å²) in [7, 11) is 0. The molecule has 32 heavy (non-hydrogen) atoms. The van der Waals surface area contributed by atoms with Gasteiger partial charge in [0, 0.05) is 44.7 Å². The first-order valence-electron chi connectivity index (χ1n) is 12.1. The Bertz CT molecular complexity index is 747. The van der Waals surface area contributed by atoms with Crippen molar-refractivity contribution in [3.63, 3.8) is 0 Å². The molecule has 9 heteroatoms. The van der Waals surface area contributed by atoms with E-state index in [0.29, 0.717) is 58.3 Å². The van der Waals surface area contributed by atoms with Gasteiger partial charge in [-0.25, -0.2) is 4.79 Å². The zero-order chi connectivity index (χ0) is 22.9. The van der Waals surface area contributed by atoms with Crippen LogP contribution in [-0.2, 0) is 19.1 Å². The first kappa shape index (κ1) is 23.0. The number of likely N-dealkylation sites (tertiary alicyclic amines) is 2. The van der Waals surface area contributed by atoms with Crippen molar-refractivity contribution in [3.05, 3.63) is 0 Å². The Morgan fingerprint density at radius 2 is 1.72 bits per heavy atom. The molecule has 0 aromatic heterocycles. The van der Waals surface area contributed by atoms with Crippen molar-refractivity contribution in [2.24, 2.45) is 5.92 Å². The van der Waals surface area contributed by atoms with E-state index in [-0.39, 0.29) is 41.8 Å². The molecule has 0 aromatic carbocycles. The summed E-state index contributed by atoms with van der Waals surface area (Å²) in [4.78, 5) is 56.1. The molecule has 0 saturated carbocycles. The average Bonchev–Trinajstić information content (AvgIpc) is 3.03. The smallest absolute Gasteiger partial charge is 0.325 e. The van der Waals surface area contributed by atoms with Crippen molar-refractivity contribution in [2.75, 3.05) is 32.8 Å². The van der Waals surface area contributed by atoms with Crippen LogP contribution in [0.25, 0.3) is 0 Å². The van der Waals surface area contributed by atoms with Gasteiger partial charge in [0.1, 0.15) is 5.54 Å². The van der Waals surface area contributed by atoms with Crippen LogP contribution < -0.4 is 5.32 Å². The van der Waals surface area contributed by atoms with Gasteiger partial charge in [-0.1, -0.05) is 13.8 Å². The average molecular weight is 449 g/mol. The number of imide groups is 1. The van der Waals surface area contributed by atoms with Gasteiger partial charge in [-0.3, -0.25) is 19.3 Å². The molecule has 4 aliphatic heterocycles. The molecule has 0 unspecified atom stereocenters. The van der Waals surface area contributed by atoms with E-state index in [2.05, 4.69) is 5.32 Å². The van der Waals surface area contributed by atoms with Crippen LogP contribution in [0.15, 0.2) is 0 Å². The van der Waals surface area contributed by atoms with Crippen molar-refractivity contribution in [1.82, 2.24) is 20.0 Å². The van der Waals surface area contributed by atoms with Crippen LogP contribution in [0.4, 0.5) is 4.79 Å². The molecule has 4 fully saturated rings. The zero-order valence-corrected chi connectivity index (χ0v) is 19.3. The molecule has 178 valence electrons. The molecule has 4 heterocycles. The summed E-state index contributed by atoms with van der Waals surface area (Å²) in [6.45, 7) is 6.54. The molecule has 0 aromatic rings. The predicted molar refractivity (Wildman–Crippen MR) is 117 cm³/mol. The maximum Gasteiger partial charge on any atom is 0.325 e. The summed E-state index contributed by atoms with van der Waals surface area (Å²) < 4.78 is 5.69. The predicted octanol–water partition coefficient (Wildman–Crippen LogP) is 1.51. The van der Waals surface area contributed by atoms with E-state index in [1.54, 1.807) is 4.90 Å². The van der Waals surface area contributed by atoms with Crippen molar-refractivity contribution >= 4 is 23.8 Å². The van der Waals surface area contributed by atoms with Gasteiger partial charge in [-0.2, -0.15) is 0 Å². The number of nitrogens with one attached hydrogen (secondary N) is 1. The number of hydrogen-bond acceptors (Lipinski definition) is 5. The van der Waals surface area contributed by atoms with Crippen LogP contribution in [-0.4, -0.2) is 88.9 Å². The number of nitrogens with zero attached hydrogens (tertiary/aromatic N) is 3. The van der Waals surface area contributed by atoms with Gasteiger partial charge in [0.05, 0.1) is 12.5 Å². The number of urea groups is 1. The minimum absolute atomic E-state index is 0.0215. The van der Waals surface area contributed by atoms with E-state index in [4.69, 9.17) is 4.74 Å². The normalized spacial score (nSPS) is 26.7. The minimum Gasteiger partial charge on any atom is -0.378 e. The number of piperidine rings is 2. The Balaban J connectivity index is 1.30. The molecule has 0 bridgehead atoms. The third-order valence-corrected chi connectivity index (χ3v) is 7.47. The molecular weight excluding hydrogens is 412 g/mol. The molecule has 1 N–H and O–H groups in total. The summed E-state index contributed by atoms with van der Waals surface area (Å²) >= 11 is 0. The topological polar surface area (TPSA) is 99.3 Å². The van der Waals surface area contributed by atoms with E-state index in [0.717, 1.165) is 25.9 Å². The maximum absolute atomic E-state index is 13.3. The number of carbonyl (C=O) groups is 4. The highest BCUT2D eigenvalue weighted by molar-refractivity contribution is 6.07. The molecule has 1 atom stereocenters. The van der Waals surface area contributed by atoms with Gasteiger partial charge in [0.2, 0.25) is 11.8 Å². The second-order valence-electron chi connectivity index (χ2n) is 9.97. The maximum atomic E-state index is 13.3. The van der Waals surface area contributed by atoms with Gasteiger partial charge in [-0.15, -0.1) is 0 Å². The van der Waals surface area contributed by atoms with Gasteiger partial charge in [0.15, 0.2) is 0 Å². The number of rotatable bonds is 4. The Hall–Kier alpha value is -2.16. The summed E-state index contributed by atoms with van der Waals surface area (Å²) in [5.41, 5.74) is -0.893. The fourth-order valence-corrected chi connectivity index (χ4v) is 5.45. The molecule has 1 spiro atoms. The lowest BCUT2D eigenvalue weighted by molar-refractivity contribution is -0.142. The van der Waals surface area contributed by atoms with E-state index >= 15 is 0 Å². The zero-order valence-electron chi connectivity index (χ0n) is 19.3. The SMILES string of the molecule is CC(C)C(=O)N1CCC2(CC1)NC(=O)N(C1CCN(C(=O)C[C@H]3CCCCO3)CC1)C2=O. The molecule has 0 aliphatic carbocycles. The third-order valence-electron chi connectivity index (χ3n) is 7.47. The molecule has 5 amide bonds. The Morgan fingerprint density at radius 3 is 2.31 bits per heavy atom. The van der Waals surface area contributed by atoms with Crippen LogP contribution in [0, 0.1) is 5.92 Å². The summed E-state index contributed by atoms with van der Waals surface area (Å²) in [6.07, 6.45) is 5.65. The molecule has 0 radical (unpaired) electrons. The summed E-state index contributed by atoms with van der Waals surface area (Å²) in [5.74, 6) is -0.0538. The van der Waals surface area contributed by atoms with Crippen molar-refractivity contribution in [2.45, 2.75) is 82.9 Å². The lowest BCUT2D eigenvalue weighted by Gasteiger charge is -2.39. The quantitative estimate of drug-likeness (QED) is 0.657. The standard InChI is InChI=1S/C23H36N4O5/c1-16(2)20(29)26-12-8-23(9-13-26)21(30)27(22(31)24-23)17-6-10-25(11-7-17)19(28)15-18-5-3-4-14-32-18/h16-18H,3-15H2,1-2H3,(H,24,31)/t18-/m1/s1.